The molecule has 3 unspecified atom stereocenters. The van der Waals surface area contributed by atoms with E-state index < -0.39 is 0 Å². The van der Waals surface area contributed by atoms with E-state index in [2.05, 4.69) is 16.1 Å². The summed E-state index contributed by atoms with van der Waals surface area (Å²) in [5.74, 6) is -1.14. The first-order valence-corrected chi connectivity index (χ1v) is 7.80. The van der Waals surface area contributed by atoms with Gasteiger partial charge in [0.05, 0.1) is 39.2 Å². The molecule has 0 aliphatic heterocycles. The number of allylic oxidation sites excluding steroid dienone is 2. The molecule has 0 heterocycles. The lowest BCUT2D eigenvalue weighted by Crippen LogP contribution is -2.18. The summed E-state index contributed by atoms with van der Waals surface area (Å²) < 4.78 is 14.1. The van der Waals surface area contributed by atoms with Gasteiger partial charge in [-0.05, 0) is 24.7 Å². The number of carbonyl (C=O) groups is 3. The molecule has 0 aromatic carbocycles. The lowest BCUT2D eigenvalue weighted by molar-refractivity contribution is -0.143. The Labute approximate surface area is 142 Å². The van der Waals surface area contributed by atoms with Crippen molar-refractivity contribution >= 4 is 17.9 Å². The predicted molar refractivity (Wildman–Crippen MR) is 87.5 cm³/mol. The molecule has 1 aliphatic carbocycles. The zero-order valence-electron chi connectivity index (χ0n) is 14.1. The standard InChI is InChI=1S/C18H24O6/c1-4-24-18(21)15-12-13(7-5-9-16(19)22-2)11-14(15)8-6-10-17(20)23-3/h4-8,13-15H,1,9-12H2,2-3H3/b7-5+,8-6+. The van der Waals surface area contributed by atoms with Gasteiger partial charge in [-0.2, -0.15) is 0 Å². The fourth-order valence-electron chi connectivity index (χ4n) is 2.78. The molecule has 0 saturated heterocycles. The highest BCUT2D eigenvalue weighted by molar-refractivity contribution is 5.74. The summed E-state index contributed by atoms with van der Waals surface area (Å²) >= 11 is 0. The summed E-state index contributed by atoms with van der Waals surface area (Å²) in [5, 5.41) is 0. The zero-order chi connectivity index (χ0) is 17.9. The predicted octanol–water partition coefficient (Wildman–Crippen LogP) is 2.55. The molecule has 0 spiro atoms. The summed E-state index contributed by atoms with van der Waals surface area (Å²) in [6.45, 7) is 3.40. The van der Waals surface area contributed by atoms with Crippen LogP contribution in [-0.4, -0.2) is 32.1 Å². The molecule has 6 nitrogen and oxygen atoms in total. The van der Waals surface area contributed by atoms with E-state index in [1.54, 1.807) is 12.2 Å². The average molecular weight is 336 g/mol. The third kappa shape index (κ3) is 6.40. The molecule has 132 valence electrons. The highest BCUT2D eigenvalue weighted by Crippen LogP contribution is 2.39. The molecular weight excluding hydrogens is 312 g/mol. The second-order valence-electron chi connectivity index (χ2n) is 5.52. The largest absolute Gasteiger partial charge is 0.469 e. The molecular formula is C18H24O6. The van der Waals surface area contributed by atoms with Crippen LogP contribution in [0.4, 0.5) is 0 Å². The maximum atomic E-state index is 12.1. The molecule has 1 rings (SSSR count). The smallest absolute Gasteiger partial charge is 0.314 e. The van der Waals surface area contributed by atoms with Crippen LogP contribution in [0.3, 0.4) is 0 Å². The van der Waals surface area contributed by atoms with E-state index in [0.29, 0.717) is 6.42 Å². The van der Waals surface area contributed by atoms with Crippen molar-refractivity contribution in [1.29, 1.82) is 0 Å². The Morgan fingerprint density at radius 3 is 2.12 bits per heavy atom. The van der Waals surface area contributed by atoms with Crippen LogP contribution >= 0.6 is 0 Å². The van der Waals surface area contributed by atoms with Crippen molar-refractivity contribution in [1.82, 2.24) is 0 Å². The number of esters is 3. The van der Waals surface area contributed by atoms with E-state index >= 15 is 0 Å². The lowest BCUT2D eigenvalue weighted by atomic mass is 9.95. The van der Waals surface area contributed by atoms with Crippen LogP contribution in [0, 0.1) is 17.8 Å². The summed E-state index contributed by atoms with van der Waals surface area (Å²) in [5.41, 5.74) is 0. The molecule has 1 fully saturated rings. The second kappa shape index (κ2) is 10.4. The minimum atomic E-state index is -0.332. The van der Waals surface area contributed by atoms with Crippen LogP contribution < -0.4 is 0 Å². The summed E-state index contributed by atoms with van der Waals surface area (Å²) in [6, 6.07) is 0. The van der Waals surface area contributed by atoms with E-state index in [-0.39, 0.29) is 48.5 Å². The Morgan fingerprint density at radius 1 is 1.00 bits per heavy atom. The van der Waals surface area contributed by atoms with Crippen molar-refractivity contribution in [3.63, 3.8) is 0 Å². The van der Waals surface area contributed by atoms with Gasteiger partial charge in [0.25, 0.3) is 0 Å². The Hall–Kier alpha value is -2.37. The molecule has 0 aromatic heterocycles. The average Bonchev–Trinajstić information content (AvgIpc) is 2.97. The van der Waals surface area contributed by atoms with Gasteiger partial charge in [-0.25, -0.2) is 0 Å². The van der Waals surface area contributed by atoms with Crippen molar-refractivity contribution in [2.45, 2.75) is 25.7 Å². The van der Waals surface area contributed by atoms with Gasteiger partial charge in [0.15, 0.2) is 0 Å². The van der Waals surface area contributed by atoms with Gasteiger partial charge in [-0.15, -0.1) is 0 Å². The number of carbonyl (C=O) groups excluding carboxylic acids is 3. The zero-order valence-corrected chi connectivity index (χ0v) is 14.1. The van der Waals surface area contributed by atoms with E-state index in [9.17, 15) is 14.4 Å². The van der Waals surface area contributed by atoms with Crippen LogP contribution in [0.2, 0.25) is 0 Å². The second-order valence-corrected chi connectivity index (χ2v) is 5.52. The quantitative estimate of drug-likeness (QED) is 0.293. The molecule has 0 N–H and O–H groups in total. The summed E-state index contributed by atoms with van der Waals surface area (Å²) in [4.78, 5) is 34.4. The SMILES string of the molecule is C=COC(=O)C1CC(/C=C/CC(=O)OC)CC1/C=C/CC(=O)OC. The first-order valence-electron chi connectivity index (χ1n) is 7.80. The number of methoxy groups -OCH3 is 2. The lowest BCUT2D eigenvalue weighted by Gasteiger charge is -2.13. The minimum Gasteiger partial charge on any atom is -0.469 e. The Kier molecular flexibility index (Phi) is 8.54. The molecule has 1 saturated carbocycles. The molecule has 0 amide bonds. The van der Waals surface area contributed by atoms with Crippen molar-refractivity contribution in [2.24, 2.45) is 17.8 Å². The molecule has 0 radical (unpaired) electrons. The van der Waals surface area contributed by atoms with Crippen LogP contribution in [0.5, 0.6) is 0 Å². The number of ether oxygens (including phenoxy) is 3. The first-order chi connectivity index (χ1) is 11.5. The number of hydrogen-bond donors (Lipinski definition) is 0. The normalized spacial score (nSPS) is 23.3. The van der Waals surface area contributed by atoms with Crippen molar-refractivity contribution in [3.05, 3.63) is 37.1 Å². The Bertz CT molecular complexity index is 520. The first kappa shape index (κ1) is 19.7. The van der Waals surface area contributed by atoms with Crippen LogP contribution in [0.1, 0.15) is 25.7 Å². The molecule has 24 heavy (non-hydrogen) atoms. The monoisotopic (exact) mass is 336 g/mol. The number of rotatable bonds is 8. The van der Waals surface area contributed by atoms with Crippen molar-refractivity contribution in [3.8, 4) is 0 Å². The van der Waals surface area contributed by atoms with Crippen LogP contribution in [0.15, 0.2) is 37.1 Å². The van der Waals surface area contributed by atoms with Gasteiger partial charge in [0.1, 0.15) is 0 Å². The third-order valence-corrected chi connectivity index (χ3v) is 3.97. The van der Waals surface area contributed by atoms with Gasteiger partial charge in [-0.1, -0.05) is 30.9 Å². The van der Waals surface area contributed by atoms with Crippen molar-refractivity contribution < 1.29 is 28.6 Å². The summed E-state index contributed by atoms with van der Waals surface area (Å²) in [6.07, 6.45) is 10.1. The highest BCUT2D eigenvalue weighted by Gasteiger charge is 2.37. The molecule has 3 atom stereocenters. The van der Waals surface area contributed by atoms with Gasteiger partial charge >= 0.3 is 17.9 Å². The number of hydrogen-bond acceptors (Lipinski definition) is 6. The van der Waals surface area contributed by atoms with Gasteiger partial charge in [0, 0.05) is 0 Å². The van der Waals surface area contributed by atoms with Gasteiger partial charge in [-0.3, -0.25) is 14.4 Å². The van der Waals surface area contributed by atoms with E-state index in [1.807, 2.05) is 12.2 Å². The fourth-order valence-corrected chi connectivity index (χ4v) is 2.78. The Balaban J connectivity index is 2.70. The Morgan fingerprint density at radius 2 is 1.58 bits per heavy atom. The van der Waals surface area contributed by atoms with Gasteiger partial charge < -0.3 is 14.2 Å². The van der Waals surface area contributed by atoms with E-state index in [0.717, 1.165) is 12.7 Å². The molecule has 0 bridgehead atoms. The minimum absolute atomic E-state index is 0.0325. The van der Waals surface area contributed by atoms with Crippen LogP contribution in [0.25, 0.3) is 0 Å². The maximum Gasteiger partial charge on any atom is 0.314 e. The molecule has 0 aromatic rings. The topological polar surface area (TPSA) is 78.9 Å². The van der Waals surface area contributed by atoms with Crippen LogP contribution in [-0.2, 0) is 28.6 Å². The molecule has 1 aliphatic rings. The van der Waals surface area contributed by atoms with Crippen molar-refractivity contribution in [2.75, 3.05) is 14.2 Å². The summed E-state index contributed by atoms with van der Waals surface area (Å²) in [7, 11) is 2.67. The highest BCUT2D eigenvalue weighted by atomic mass is 16.5. The third-order valence-electron chi connectivity index (χ3n) is 3.97. The van der Waals surface area contributed by atoms with Gasteiger partial charge in [0.2, 0.25) is 0 Å². The maximum absolute atomic E-state index is 12.1. The fraction of sp³-hybridized carbons (Fsp3) is 0.500. The molecule has 6 heteroatoms. The van der Waals surface area contributed by atoms with E-state index in [4.69, 9.17) is 4.74 Å². The van der Waals surface area contributed by atoms with E-state index in [1.165, 1.54) is 14.2 Å².